The van der Waals surface area contributed by atoms with Gasteiger partial charge in [-0.15, -0.1) is 0 Å². The molecule has 2 N–H and O–H groups in total. The molecule has 1 heterocycles. The summed E-state index contributed by atoms with van der Waals surface area (Å²) in [5.41, 5.74) is 1.47. The van der Waals surface area contributed by atoms with Crippen molar-refractivity contribution >= 4 is 35.3 Å². The van der Waals surface area contributed by atoms with E-state index < -0.39 is 0 Å². The van der Waals surface area contributed by atoms with Crippen LogP contribution in [0.25, 0.3) is 6.08 Å². The van der Waals surface area contributed by atoms with E-state index in [0.29, 0.717) is 42.0 Å². The van der Waals surface area contributed by atoms with Crippen LogP contribution in [-0.2, 0) is 4.79 Å². The molecular weight excluding hydrogens is 402 g/mol. The number of carbonyl (C=O) groups is 2. The third-order valence-corrected chi connectivity index (χ3v) is 5.48. The number of hydrogen-bond acceptors (Lipinski definition) is 3. The minimum Gasteiger partial charge on any atom is -0.495 e. The summed E-state index contributed by atoms with van der Waals surface area (Å²) in [7, 11) is 1.58. The number of halogens is 1. The van der Waals surface area contributed by atoms with Crippen molar-refractivity contribution in [3.05, 3.63) is 65.2 Å². The summed E-state index contributed by atoms with van der Waals surface area (Å²) in [5, 5.41) is 6.45. The van der Waals surface area contributed by atoms with Crippen molar-refractivity contribution in [1.82, 2.24) is 10.2 Å². The number of anilines is 1. The molecule has 0 aromatic heterocycles. The Balaban J connectivity index is 1.41. The third-order valence-electron chi connectivity index (χ3n) is 5.13. The maximum atomic E-state index is 12.5. The van der Waals surface area contributed by atoms with Crippen LogP contribution in [0, 0.1) is 5.92 Å². The van der Waals surface area contributed by atoms with Gasteiger partial charge in [-0.25, -0.2) is 4.79 Å². The standard InChI is InChI=1S/C23H26ClN3O3/c1-30-21-9-5-4-8-20(21)26-23(29)27-14-12-17(13-15-27)16-25-22(28)11-10-18-6-2-3-7-19(18)24/h2-11,17H,12-16H2,1H3,(H,25,28)(H,26,29)/b11-10+. The van der Waals surface area contributed by atoms with Crippen molar-refractivity contribution in [3.63, 3.8) is 0 Å². The highest BCUT2D eigenvalue weighted by atomic mass is 35.5. The molecule has 0 unspecified atom stereocenters. The molecule has 0 aliphatic carbocycles. The molecule has 1 aliphatic heterocycles. The normalized spacial score (nSPS) is 14.5. The van der Waals surface area contributed by atoms with Gasteiger partial charge in [-0.1, -0.05) is 41.9 Å². The zero-order valence-electron chi connectivity index (χ0n) is 16.9. The van der Waals surface area contributed by atoms with Crippen molar-refractivity contribution in [1.29, 1.82) is 0 Å². The molecule has 0 spiro atoms. The SMILES string of the molecule is COc1ccccc1NC(=O)N1CCC(CNC(=O)/C=C/c2ccccc2Cl)CC1. The maximum absolute atomic E-state index is 12.5. The molecule has 0 saturated carbocycles. The first-order chi connectivity index (χ1) is 14.6. The Bertz CT molecular complexity index is 908. The van der Waals surface area contributed by atoms with Gasteiger partial charge in [0.25, 0.3) is 0 Å². The Morgan fingerprint density at radius 3 is 2.57 bits per heavy atom. The van der Waals surface area contributed by atoms with E-state index in [1.54, 1.807) is 24.2 Å². The molecule has 7 heteroatoms. The van der Waals surface area contributed by atoms with E-state index in [4.69, 9.17) is 16.3 Å². The molecule has 1 saturated heterocycles. The van der Waals surface area contributed by atoms with E-state index in [1.807, 2.05) is 42.5 Å². The molecule has 3 amide bonds. The van der Waals surface area contributed by atoms with Crippen molar-refractivity contribution < 1.29 is 14.3 Å². The van der Waals surface area contributed by atoms with Gasteiger partial charge in [-0.05, 0) is 48.6 Å². The Hall–Kier alpha value is -2.99. The summed E-state index contributed by atoms with van der Waals surface area (Å²) < 4.78 is 5.27. The lowest BCUT2D eigenvalue weighted by atomic mass is 9.97. The molecule has 1 fully saturated rings. The molecule has 0 atom stereocenters. The number of nitrogens with one attached hydrogen (secondary N) is 2. The van der Waals surface area contributed by atoms with Crippen LogP contribution in [0.2, 0.25) is 5.02 Å². The lowest BCUT2D eigenvalue weighted by molar-refractivity contribution is -0.116. The first-order valence-electron chi connectivity index (χ1n) is 9.96. The van der Waals surface area contributed by atoms with Crippen LogP contribution in [0.3, 0.4) is 0 Å². The molecular formula is C23H26ClN3O3. The number of likely N-dealkylation sites (tertiary alicyclic amines) is 1. The van der Waals surface area contributed by atoms with Gasteiger partial charge in [0.2, 0.25) is 5.91 Å². The number of benzene rings is 2. The number of nitrogens with zero attached hydrogens (tertiary/aromatic N) is 1. The highest BCUT2D eigenvalue weighted by Crippen LogP contribution is 2.24. The summed E-state index contributed by atoms with van der Waals surface area (Å²) in [6.45, 7) is 1.89. The van der Waals surface area contributed by atoms with Crippen molar-refractivity contribution in [2.45, 2.75) is 12.8 Å². The number of amides is 3. The van der Waals surface area contributed by atoms with Crippen LogP contribution in [0.1, 0.15) is 18.4 Å². The van der Waals surface area contributed by atoms with Gasteiger partial charge in [0.05, 0.1) is 12.8 Å². The Labute approximate surface area is 181 Å². The lowest BCUT2D eigenvalue weighted by Gasteiger charge is -2.32. The minimum absolute atomic E-state index is 0.135. The predicted molar refractivity (Wildman–Crippen MR) is 120 cm³/mol. The van der Waals surface area contributed by atoms with Gasteiger partial charge in [-0.3, -0.25) is 4.79 Å². The average Bonchev–Trinajstić information content (AvgIpc) is 2.78. The number of rotatable bonds is 6. The van der Waals surface area contributed by atoms with Crippen molar-refractivity contribution in [3.8, 4) is 5.75 Å². The number of methoxy groups -OCH3 is 1. The summed E-state index contributed by atoms with van der Waals surface area (Å²) in [6, 6.07) is 14.6. The Morgan fingerprint density at radius 2 is 1.83 bits per heavy atom. The van der Waals surface area contributed by atoms with Gasteiger partial charge in [-0.2, -0.15) is 0 Å². The van der Waals surface area contributed by atoms with E-state index in [2.05, 4.69) is 10.6 Å². The molecule has 158 valence electrons. The van der Waals surface area contributed by atoms with E-state index in [0.717, 1.165) is 18.4 Å². The van der Waals surface area contributed by atoms with Gasteiger partial charge >= 0.3 is 6.03 Å². The second-order valence-corrected chi connectivity index (χ2v) is 7.57. The van der Waals surface area contributed by atoms with E-state index in [1.165, 1.54) is 6.08 Å². The van der Waals surface area contributed by atoms with Crippen LogP contribution < -0.4 is 15.4 Å². The Morgan fingerprint density at radius 1 is 1.13 bits per heavy atom. The van der Waals surface area contributed by atoms with Crippen LogP contribution in [-0.4, -0.2) is 43.6 Å². The maximum Gasteiger partial charge on any atom is 0.321 e. The van der Waals surface area contributed by atoms with E-state index >= 15 is 0 Å². The Kier molecular flexibility index (Phi) is 7.74. The van der Waals surface area contributed by atoms with Crippen LogP contribution >= 0.6 is 11.6 Å². The number of piperidine rings is 1. The monoisotopic (exact) mass is 427 g/mol. The van der Waals surface area contributed by atoms with Gasteiger partial charge < -0.3 is 20.3 Å². The number of hydrogen-bond donors (Lipinski definition) is 2. The van der Waals surface area contributed by atoms with Crippen molar-refractivity contribution in [2.24, 2.45) is 5.92 Å². The number of carbonyl (C=O) groups excluding carboxylic acids is 2. The van der Waals surface area contributed by atoms with Crippen LogP contribution in [0.4, 0.5) is 10.5 Å². The van der Waals surface area contributed by atoms with Crippen molar-refractivity contribution in [2.75, 3.05) is 32.1 Å². The molecule has 3 rings (SSSR count). The third kappa shape index (κ3) is 6.00. The fraction of sp³-hybridized carbons (Fsp3) is 0.304. The average molecular weight is 428 g/mol. The van der Waals surface area contributed by atoms with Gasteiger partial charge in [0.1, 0.15) is 5.75 Å². The zero-order valence-corrected chi connectivity index (χ0v) is 17.7. The minimum atomic E-state index is -0.147. The number of urea groups is 1. The highest BCUT2D eigenvalue weighted by molar-refractivity contribution is 6.32. The van der Waals surface area contributed by atoms with E-state index in [9.17, 15) is 9.59 Å². The fourth-order valence-electron chi connectivity index (χ4n) is 3.36. The summed E-state index contributed by atoms with van der Waals surface area (Å²) in [6.07, 6.45) is 4.89. The van der Waals surface area contributed by atoms with Gasteiger partial charge in [0.15, 0.2) is 0 Å². The van der Waals surface area contributed by atoms with Crippen LogP contribution in [0.5, 0.6) is 5.75 Å². The first-order valence-corrected chi connectivity index (χ1v) is 10.3. The molecule has 6 nitrogen and oxygen atoms in total. The molecule has 2 aromatic carbocycles. The zero-order chi connectivity index (χ0) is 21.3. The predicted octanol–water partition coefficient (Wildman–Crippen LogP) is 4.42. The van der Waals surface area contributed by atoms with Crippen LogP contribution in [0.15, 0.2) is 54.6 Å². The fourth-order valence-corrected chi connectivity index (χ4v) is 3.56. The quantitative estimate of drug-likeness (QED) is 0.670. The molecule has 2 aromatic rings. The molecule has 0 bridgehead atoms. The summed E-state index contributed by atoms with van der Waals surface area (Å²) in [4.78, 5) is 26.4. The topological polar surface area (TPSA) is 70.7 Å². The van der Waals surface area contributed by atoms with Gasteiger partial charge in [0, 0.05) is 30.7 Å². The highest BCUT2D eigenvalue weighted by Gasteiger charge is 2.23. The summed E-state index contributed by atoms with van der Waals surface area (Å²) in [5.74, 6) is 0.831. The second-order valence-electron chi connectivity index (χ2n) is 7.16. The second kappa shape index (κ2) is 10.7. The first kappa shape index (κ1) is 21.7. The smallest absolute Gasteiger partial charge is 0.321 e. The molecule has 0 radical (unpaired) electrons. The largest absolute Gasteiger partial charge is 0.495 e. The van der Waals surface area contributed by atoms with E-state index in [-0.39, 0.29) is 11.9 Å². The molecule has 1 aliphatic rings. The lowest BCUT2D eigenvalue weighted by Crippen LogP contribution is -2.43. The number of ether oxygens (including phenoxy) is 1. The molecule has 30 heavy (non-hydrogen) atoms. The number of para-hydroxylation sites is 2. The summed E-state index contributed by atoms with van der Waals surface area (Å²) >= 11 is 6.09.